The number of nitrogens with one attached hydrogen (secondary N) is 2. The maximum absolute atomic E-state index is 8.88. The Morgan fingerprint density at radius 1 is 1.39 bits per heavy atom. The fourth-order valence-corrected chi connectivity index (χ4v) is 1.25. The van der Waals surface area contributed by atoms with E-state index in [1.165, 1.54) is 0 Å². The third-order valence-corrected chi connectivity index (χ3v) is 2.29. The maximum Gasteiger partial charge on any atom is 0.0990 e. The normalized spacial score (nSPS) is 12.7. The Labute approximate surface area is 109 Å². The quantitative estimate of drug-likeness (QED) is 0.424. The Balaban J connectivity index is 4.83. The summed E-state index contributed by atoms with van der Waals surface area (Å²) in [5.41, 5.74) is 3.25. The van der Waals surface area contributed by atoms with Gasteiger partial charge in [0.25, 0.3) is 0 Å². The monoisotopic (exact) mass is 241 g/mol. The topological polar surface area (TPSA) is 59.7 Å². The summed E-state index contributed by atoms with van der Waals surface area (Å²) in [7, 11) is 0. The van der Waals surface area contributed by atoms with Crippen LogP contribution in [0.15, 0.2) is 60.0 Å². The smallest absolute Gasteiger partial charge is 0.0990 e. The minimum atomic E-state index is 0.428. The first kappa shape index (κ1) is 15.7. The van der Waals surface area contributed by atoms with Crippen molar-refractivity contribution < 1.29 is 0 Å². The van der Waals surface area contributed by atoms with Crippen LogP contribution in [0.1, 0.15) is 20.8 Å². The van der Waals surface area contributed by atoms with Gasteiger partial charge in [0.1, 0.15) is 0 Å². The van der Waals surface area contributed by atoms with Crippen LogP contribution in [0.25, 0.3) is 0 Å². The second kappa shape index (κ2) is 7.86. The molecule has 0 rings (SSSR count). The van der Waals surface area contributed by atoms with Gasteiger partial charge in [-0.15, -0.1) is 0 Å². The number of hydrogen-bond donors (Lipinski definition) is 2. The van der Waals surface area contributed by atoms with Gasteiger partial charge in [-0.25, -0.2) is 0 Å². The Morgan fingerprint density at radius 2 is 2.00 bits per heavy atom. The fourth-order valence-electron chi connectivity index (χ4n) is 1.25. The number of nitriles is 1. The van der Waals surface area contributed by atoms with Crippen LogP contribution in [0.5, 0.6) is 0 Å². The molecule has 0 aromatic rings. The zero-order valence-corrected chi connectivity index (χ0v) is 11.2. The molecule has 0 unspecified atom stereocenters. The minimum Gasteiger partial charge on any atom is -0.361 e. The van der Waals surface area contributed by atoms with Crippen molar-refractivity contribution in [2.24, 2.45) is 0 Å². The van der Waals surface area contributed by atoms with Crippen LogP contribution in [-0.2, 0) is 0 Å². The second-order valence-corrected chi connectivity index (χ2v) is 3.74. The molecule has 0 fully saturated rings. The third-order valence-electron chi connectivity index (χ3n) is 2.29. The first-order chi connectivity index (χ1) is 8.46. The molecule has 0 aliphatic rings. The Morgan fingerprint density at radius 3 is 2.39 bits per heavy atom. The molecule has 0 amide bonds. The zero-order chi connectivity index (χ0) is 14.1. The average Bonchev–Trinajstić information content (AvgIpc) is 2.30. The van der Waals surface area contributed by atoms with Gasteiger partial charge in [-0.1, -0.05) is 25.3 Å². The zero-order valence-electron chi connectivity index (χ0n) is 11.2. The lowest BCUT2D eigenvalue weighted by Gasteiger charge is -2.04. The largest absolute Gasteiger partial charge is 0.361 e. The average molecular weight is 241 g/mol. The van der Waals surface area contributed by atoms with E-state index in [4.69, 9.17) is 10.7 Å². The van der Waals surface area contributed by atoms with Gasteiger partial charge in [-0.05, 0) is 32.4 Å². The summed E-state index contributed by atoms with van der Waals surface area (Å²) in [5.74, 6) is 0. The predicted molar refractivity (Wildman–Crippen MR) is 77.1 cm³/mol. The Bertz CT molecular complexity index is 482. The van der Waals surface area contributed by atoms with Crippen LogP contribution in [0.3, 0.4) is 0 Å². The van der Waals surface area contributed by atoms with Gasteiger partial charge < -0.3 is 10.7 Å². The molecule has 18 heavy (non-hydrogen) atoms. The molecule has 3 nitrogen and oxygen atoms in total. The van der Waals surface area contributed by atoms with E-state index in [0.29, 0.717) is 22.6 Å². The van der Waals surface area contributed by atoms with Gasteiger partial charge in [0.05, 0.1) is 11.6 Å². The van der Waals surface area contributed by atoms with E-state index in [-0.39, 0.29) is 0 Å². The highest BCUT2D eigenvalue weighted by Gasteiger charge is 1.98. The van der Waals surface area contributed by atoms with Crippen molar-refractivity contribution in [2.45, 2.75) is 20.8 Å². The number of hydrogen-bond acceptors (Lipinski definition) is 3. The molecule has 0 aromatic carbocycles. The molecule has 2 N–H and O–H groups in total. The molecule has 0 spiro atoms. The van der Waals surface area contributed by atoms with E-state index >= 15 is 0 Å². The molecule has 94 valence electrons. The summed E-state index contributed by atoms with van der Waals surface area (Å²) in [6, 6.07) is 2.11. The molecule has 0 aromatic heterocycles. The highest BCUT2D eigenvalue weighted by atomic mass is 14.8. The van der Waals surface area contributed by atoms with Crippen molar-refractivity contribution in [1.82, 2.24) is 5.32 Å². The van der Waals surface area contributed by atoms with E-state index in [9.17, 15) is 0 Å². The summed E-state index contributed by atoms with van der Waals surface area (Å²) in [6.45, 7) is 12.8. The highest BCUT2D eigenvalue weighted by molar-refractivity contribution is 5.98. The van der Waals surface area contributed by atoms with Gasteiger partial charge in [0, 0.05) is 23.2 Å². The molecule has 0 radical (unpaired) electrons. The highest BCUT2D eigenvalue weighted by Crippen LogP contribution is 2.09. The van der Waals surface area contributed by atoms with Gasteiger partial charge in [0.15, 0.2) is 0 Å². The summed E-state index contributed by atoms with van der Waals surface area (Å²) in [6.07, 6.45) is 6.82. The van der Waals surface area contributed by atoms with Gasteiger partial charge in [-0.2, -0.15) is 5.26 Å². The van der Waals surface area contributed by atoms with Gasteiger partial charge in [-0.3, -0.25) is 0 Å². The van der Waals surface area contributed by atoms with Crippen LogP contribution in [0.4, 0.5) is 0 Å². The van der Waals surface area contributed by atoms with Crippen LogP contribution >= 0.6 is 0 Å². The Kier molecular flexibility index (Phi) is 6.83. The predicted octanol–water partition coefficient (Wildman–Crippen LogP) is 3.62. The van der Waals surface area contributed by atoms with Gasteiger partial charge in [0.2, 0.25) is 0 Å². The fraction of sp³-hybridized carbons (Fsp3) is 0.200. The second-order valence-electron chi connectivity index (χ2n) is 3.74. The first-order valence-electron chi connectivity index (χ1n) is 5.54. The van der Waals surface area contributed by atoms with Crippen molar-refractivity contribution in [2.75, 3.05) is 0 Å². The summed E-state index contributed by atoms with van der Waals surface area (Å²) in [4.78, 5) is 0. The summed E-state index contributed by atoms with van der Waals surface area (Å²) >= 11 is 0. The number of nitrogens with zero attached hydrogens (tertiary/aromatic N) is 1. The number of rotatable bonds is 6. The molecular weight excluding hydrogens is 222 g/mol. The van der Waals surface area contributed by atoms with Crippen LogP contribution in [0.2, 0.25) is 0 Å². The van der Waals surface area contributed by atoms with Crippen LogP contribution in [0, 0.1) is 16.7 Å². The van der Waals surface area contributed by atoms with Crippen molar-refractivity contribution in [3.8, 4) is 6.07 Å². The van der Waals surface area contributed by atoms with Crippen molar-refractivity contribution in [3.63, 3.8) is 0 Å². The van der Waals surface area contributed by atoms with Crippen molar-refractivity contribution in [1.29, 1.82) is 10.7 Å². The Hall–Kier alpha value is -2.34. The van der Waals surface area contributed by atoms with Crippen LogP contribution < -0.4 is 5.32 Å². The van der Waals surface area contributed by atoms with Crippen molar-refractivity contribution >= 4 is 5.71 Å². The molecule has 3 heteroatoms. The lowest BCUT2D eigenvalue weighted by molar-refractivity contribution is 1.10. The molecule has 0 aliphatic heterocycles. The first-order valence-corrected chi connectivity index (χ1v) is 5.54. The van der Waals surface area contributed by atoms with Crippen LogP contribution in [-0.4, -0.2) is 5.71 Å². The molecule has 0 heterocycles. The third kappa shape index (κ3) is 5.13. The van der Waals surface area contributed by atoms with Gasteiger partial charge >= 0.3 is 0 Å². The van der Waals surface area contributed by atoms with E-state index in [2.05, 4.69) is 24.5 Å². The molecule has 0 atom stereocenters. The molecule has 0 aliphatic carbocycles. The van der Waals surface area contributed by atoms with E-state index in [1.807, 2.05) is 13.8 Å². The lowest BCUT2D eigenvalue weighted by Crippen LogP contribution is -2.05. The molecule has 0 saturated heterocycles. The summed E-state index contributed by atoms with van der Waals surface area (Å²) in [5, 5.41) is 19.3. The SMILES string of the molecule is C=C/C(=C/NC(=C)/C=C(C)\C(C#N)=C/C)C(C)=N. The van der Waals surface area contributed by atoms with E-state index in [0.717, 1.165) is 5.57 Å². The maximum atomic E-state index is 8.88. The van der Waals surface area contributed by atoms with E-state index in [1.54, 1.807) is 31.4 Å². The van der Waals surface area contributed by atoms with E-state index < -0.39 is 0 Å². The lowest BCUT2D eigenvalue weighted by atomic mass is 10.1. The molecular formula is C15H19N3. The standard InChI is InChI=1S/C15H19N3/c1-6-14(9-16)11(3)8-12(4)18-10-15(7-2)13(5)17/h6-8,10,17-18H,2,4H2,1,3,5H3/b11-8-,14-6-,15-10-,17-13?. The molecule has 0 bridgehead atoms. The molecule has 0 saturated carbocycles. The number of allylic oxidation sites excluding steroid dienone is 6. The minimum absolute atomic E-state index is 0.428. The summed E-state index contributed by atoms with van der Waals surface area (Å²) < 4.78 is 0. The van der Waals surface area contributed by atoms with Crippen molar-refractivity contribution in [3.05, 3.63) is 60.0 Å².